The van der Waals surface area contributed by atoms with Gasteiger partial charge in [0.05, 0.1) is 11.4 Å². The van der Waals surface area contributed by atoms with E-state index in [9.17, 15) is 9.59 Å². The van der Waals surface area contributed by atoms with Crippen LogP contribution in [0.3, 0.4) is 0 Å². The van der Waals surface area contributed by atoms with E-state index >= 15 is 0 Å². The molecular formula is C13H18N2O2S. The predicted octanol–water partition coefficient (Wildman–Crippen LogP) is 1.66. The maximum absolute atomic E-state index is 11.8. The average Bonchev–Trinajstić information content (AvgIpc) is 3.05. The van der Waals surface area contributed by atoms with E-state index in [0.717, 1.165) is 32.4 Å². The summed E-state index contributed by atoms with van der Waals surface area (Å²) in [7, 11) is 0. The third-order valence-corrected chi connectivity index (χ3v) is 4.32. The summed E-state index contributed by atoms with van der Waals surface area (Å²) >= 11 is 1.49. The largest absolute Gasteiger partial charge is 0.342 e. The summed E-state index contributed by atoms with van der Waals surface area (Å²) in [6.45, 7) is 3.82. The minimum atomic E-state index is -0.146. The summed E-state index contributed by atoms with van der Waals surface area (Å²) < 4.78 is 0. The fourth-order valence-electron chi connectivity index (χ4n) is 2.01. The van der Waals surface area contributed by atoms with Crippen LogP contribution < -0.4 is 5.32 Å². The smallest absolute Gasteiger partial charge is 0.261 e. The van der Waals surface area contributed by atoms with Crippen molar-refractivity contribution in [2.75, 3.05) is 19.6 Å². The van der Waals surface area contributed by atoms with Gasteiger partial charge in [-0.15, -0.1) is 11.3 Å². The molecule has 0 radical (unpaired) electrons. The number of nitrogens with zero attached hydrogens (tertiary/aromatic N) is 1. The number of amides is 2. The first-order chi connectivity index (χ1) is 8.70. The summed E-state index contributed by atoms with van der Waals surface area (Å²) in [5.41, 5.74) is 0. The van der Waals surface area contributed by atoms with Gasteiger partial charge in [0, 0.05) is 18.0 Å². The first-order valence-corrected chi connectivity index (χ1v) is 7.17. The zero-order valence-electron chi connectivity index (χ0n) is 10.6. The molecule has 1 aliphatic heterocycles. The van der Waals surface area contributed by atoms with Crippen molar-refractivity contribution >= 4 is 23.2 Å². The fraction of sp³-hybridized carbons (Fsp3) is 0.538. The van der Waals surface area contributed by atoms with Crippen molar-refractivity contribution in [2.45, 2.75) is 26.2 Å². The van der Waals surface area contributed by atoms with Crippen LogP contribution in [0.4, 0.5) is 0 Å². The number of carbonyl (C=O) groups excluding carboxylic acids is 2. The second kappa shape index (κ2) is 6.00. The molecule has 1 aliphatic rings. The van der Waals surface area contributed by atoms with Crippen LogP contribution in [0.15, 0.2) is 12.1 Å². The molecule has 0 aromatic carbocycles. The van der Waals surface area contributed by atoms with Gasteiger partial charge < -0.3 is 10.2 Å². The number of nitrogens with one attached hydrogen (secondary N) is 1. The lowest BCUT2D eigenvalue weighted by Crippen LogP contribution is -2.38. The Kier molecular flexibility index (Phi) is 4.36. The van der Waals surface area contributed by atoms with Crippen molar-refractivity contribution < 1.29 is 9.59 Å². The van der Waals surface area contributed by atoms with Crippen molar-refractivity contribution in [3.63, 3.8) is 0 Å². The maximum atomic E-state index is 11.8. The van der Waals surface area contributed by atoms with Crippen LogP contribution in [-0.4, -0.2) is 36.3 Å². The van der Waals surface area contributed by atoms with E-state index in [1.54, 1.807) is 0 Å². The average molecular weight is 266 g/mol. The normalized spacial score (nSPS) is 14.8. The zero-order chi connectivity index (χ0) is 13.0. The van der Waals surface area contributed by atoms with Gasteiger partial charge in [-0.3, -0.25) is 9.59 Å². The maximum Gasteiger partial charge on any atom is 0.261 e. The number of rotatable bonds is 4. The summed E-state index contributed by atoms with van der Waals surface area (Å²) in [6.07, 6.45) is 3.08. The van der Waals surface area contributed by atoms with Gasteiger partial charge in [-0.2, -0.15) is 0 Å². The highest BCUT2D eigenvalue weighted by Gasteiger charge is 2.18. The quantitative estimate of drug-likeness (QED) is 0.901. The van der Waals surface area contributed by atoms with E-state index in [1.807, 2.05) is 17.0 Å². The standard InChI is InChI=1S/C13H18N2O2S/c1-2-10-5-6-11(18-10)13(17)14-9-12(16)15-7-3-4-8-15/h5-6H,2-4,7-9H2,1H3,(H,14,17). The van der Waals surface area contributed by atoms with E-state index in [-0.39, 0.29) is 18.4 Å². The van der Waals surface area contributed by atoms with Crippen molar-refractivity contribution in [2.24, 2.45) is 0 Å². The minimum absolute atomic E-state index is 0.0214. The molecule has 18 heavy (non-hydrogen) atoms. The molecule has 0 spiro atoms. The van der Waals surface area contributed by atoms with E-state index in [0.29, 0.717) is 4.88 Å². The molecule has 0 unspecified atom stereocenters. The Bertz CT molecular complexity index is 436. The second-order valence-corrected chi connectivity index (χ2v) is 5.56. The molecule has 0 saturated carbocycles. The third-order valence-electron chi connectivity index (χ3n) is 3.09. The van der Waals surface area contributed by atoms with Crippen LogP contribution in [0.2, 0.25) is 0 Å². The summed E-state index contributed by atoms with van der Waals surface area (Å²) in [4.78, 5) is 27.3. The topological polar surface area (TPSA) is 49.4 Å². The SMILES string of the molecule is CCc1ccc(C(=O)NCC(=O)N2CCCC2)s1. The van der Waals surface area contributed by atoms with Gasteiger partial charge >= 0.3 is 0 Å². The van der Waals surface area contributed by atoms with Crippen molar-refractivity contribution in [1.82, 2.24) is 10.2 Å². The van der Waals surface area contributed by atoms with Gasteiger partial charge in [0.2, 0.25) is 5.91 Å². The van der Waals surface area contributed by atoms with Crippen molar-refractivity contribution in [3.8, 4) is 0 Å². The number of likely N-dealkylation sites (tertiary alicyclic amines) is 1. The summed E-state index contributed by atoms with van der Waals surface area (Å²) in [5, 5.41) is 2.69. The third kappa shape index (κ3) is 3.10. The van der Waals surface area contributed by atoms with Gasteiger partial charge in [-0.05, 0) is 31.4 Å². The molecule has 1 fully saturated rings. The molecule has 2 heterocycles. The van der Waals surface area contributed by atoms with Crippen LogP contribution >= 0.6 is 11.3 Å². The van der Waals surface area contributed by atoms with Gasteiger partial charge in [0.15, 0.2) is 0 Å². The van der Waals surface area contributed by atoms with Gasteiger partial charge in [-0.25, -0.2) is 0 Å². The van der Waals surface area contributed by atoms with Crippen molar-refractivity contribution in [1.29, 1.82) is 0 Å². The lowest BCUT2D eigenvalue weighted by atomic mass is 10.3. The molecule has 1 aromatic heterocycles. The lowest BCUT2D eigenvalue weighted by molar-refractivity contribution is -0.129. The predicted molar refractivity (Wildman–Crippen MR) is 71.8 cm³/mol. The number of thiophene rings is 1. The van der Waals surface area contributed by atoms with Gasteiger partial charge in [0.25, 0.3) is 5.91 Å². The Balaban J connectivity index is 1.82. The van der Waals surface area contributed by atoms with Crippen LogP contribution in [0.5, 0.6) is 0 Å². The van der Waals surface area contributed by atoms with Gasteiger partial charge in [-0.1, -0.05) is 6.92 Å². The van der Waals surface area contributed by atoms with Crippen molar-refractivity contribution in [3.05, 3.63) is 21.9 Å². The fourth-order valence-corrected chi connectivity index (χ4v) is 2.88. The molecule has 1 saturated heterocycles. The molecule has 5 heteroatoms. The number of carbonyl (C=O) groups is 2. The highest BCUT2D eigenvalue weighted by atomic mass is 32.1. The second-order valence-electron chi connectivity index (χ2n) is 4.39. The van der Waals surface area contributed by atoms with E-state index < -0.39 is 0 Å². The number of aryl methyl sites for hydroxylation is 1. The lowest BCUT2D eigenvalue weighted by Gasteiger charge is -2.15. The number of hydrogen-bond donors (Lipinski definition) is 1. The minimum Gasteiger partial charge on any atom is -0.342 e. The molecular weight excluding hydrogens is 248 g/mol. The highest BCUT2D eigenvalue weighted by molar-refractivity contribution is 7.14. The Morgan fingerprint density at radius 2 is 2.06 bits per heavy atom. The molecule has 0 bridgehead atoms. The molecule has 2 amide bonds. The van der Waals surface area contributed by atoms with E-state index in [2.05, 4.69) is 12.2 Å². The zero-order valence-corrected chi connectivity index (χ0v) is 11.4. The van der Waals surface area contributed by atoms with Crippen LogP contribution in [0.1, 0.15) is 34.3 Å². The van der Waals surface area contributed by atoms with Gasteiger partial charge in [0.1, 0.15) is 0 Å². The Labute approximate surface area is 111 Å². The molecule has 1 N–H and O–H groups in total. The molecule has 98 valence electrons. The Morgan fingerprint density at radius 1 is 1.33 bits per heavy atom. The molecule has 2 rings (SSSR count). The first kappa shape index (κ1) is 13.1. The van der Waals surface area contributed by atoms with Crippen LogP contribution in [0.25, 0.3) is 0 Å². The Morgan fingerprint density at radius 3 is 2.67 bits per heavy atom. The van der Waals surface area contributed by atoms with Crippen LogP contribution in [-0.2, 0) is 11.2 Å². The molecule has 1 aromatic rings. The molecule has 4 nitrogen and oxygen atoms in total. The van der Waals surface area contributed by atoms with E-state index in [1.165, 1.54) is 16.2 Å². The highest BCUT2D eigenvalue weighted by Crippen LogP contribution is 2.16. The first-order valence-electron chi connectivity index (χ1n) is 6.35. The van der Waals surface area contributed by atoms with E-state index in [4.69, 9.17) is 0 Å². The summed E-state index contributed by atoms with van der Waals surface area (Å²) in [6, 6.07) is 3.78. The number of hydrogen-bond acceptors (Lipinski definition) is 3. The Hall–Kier alpha value is -1.36. The molecule has 0 atom stereocenters. The monoisotopic (exact) mass is 266 g/mol. The summed E-state index contributed by atoms with van der Waals surface area (Å²) in [5.74, 6) is -0.125. The molecule has 0 aliphatic carbocycles. The van der Waals surface area contributed by atoms with Crippen LogP contribution in [0, 0.1) is 0 Å².